The van der Waals surface area contributed by atoms with E-state index in [9.17, 15) is 4.79 Å². The van der Waals surface area contributed by atoms with Crippen molar-refractivity contribution in [2.24, 2.45) is 5.10 Å². The van der Waals surface area contributed by atoms with Crippen molar-refractivity contribution in [3.8, 4) is 5.75 Å². The Morgan fingerprint density at radius 3 is 2.59 bits per heavy atom. The first-order valence-corrected chi connectivity index (χ1v) is 6.96. The van der Waals surface area contributed by atoms with Crippen LogP contribution in [0.2, 0.25) is 0 Å². The molecule has 0 saturated carbocycles. The van der Waals surface area contributed by atoms with E-state index < -0.39 is 0 Å². The predicted octanol–water partition coefficient (Wildman–Crippen LogP) is 2.57. The van der Waals surface area contributed by atoms with Crippen LogP contribution in [-0.4, -0.2) is 23.8 Å². The number of nitrogens with zero attached hydrogens (tertiary/aromatic N) is 1. The molecule has 0 fully saturated rings. The molecule has 0 spiro atoms. The highest BCUT2D eigenvalue weighted by molar-refractivity contribution is 5.84. The van der Waals surface area contributed by atoms with E-state index in [4.69, 9.17) is 5.11 Å². The number of carbonyl (C=O) groups excluding carboxylic acids is 1. The molecule has 0 unspecified atom stereocenters. The van der Waals surface area contributed by atoms with Crippen LogP contribution in [0.4, 0.5) is 5.69 Å². The summed E-state index contributed by atoms with van der Waals surface area (Å²) in [5, 5.41) is 16.1. The molecule has 0 radical (unpaired) electrons. The average Bonchev–Trinajstić information content (AvgIpc) is 2.48. The molecule has 5 nitrogen and oxygen atoms in total. The Morgan fingerprint density at radius 2 is 1.91 bits per heavy atom. The number of amides is 1. The van der Waals surface area contributed by atoms with Crippen LogP contribution < -0.4 is 10.7 Å². The van der Waals surface area contributed by atoms with Crippen molar-refractivity contribution in [1.29, 1.82) is 0 Å². The maximum atomic E-state index is 11.7. The third-order valence-electron chi connectivity index (χ3n) is 3.12. The second-order valence-corrected chi connectivity index (χ2v) is 5.06. The van der Waals surface area contributed by atoms with Crippen LogP contribution in [0.15, 0.2) is 47.6 Å². The zero-order valence-corrected chi connectivity index (χ0v) is 12.6. The molecule has 2 rings (SSSR count). The Kier molecular flexibility index (Phi) is 5.14. The minimum absolute atomic E-state index is 0.150. The minimum atomic E-state index is -0.227. The Bertz CT molecular complexity index is 679. The third-order valence-corrected chi connectivity index (χ3v) is 3.12. The van der Waals surface area contributed by atoms with Crippen molar-refractivity contribution in [1.82, 2.24) is 5.43 Å². The molecule has 0 aliphatic carbocycles. The van der Waals surface area contributed by atoms with Gasteiger partial charge in [-0.2, -0.15) is 5.10 Å². The summed E-state index contributed by atoms with van der Waals surface area (Å²) in [6, 6.07) is 12.5. The third kappa shape index (κ3) is 4.63. The lowest BCUT2D eigenvalue weighted by atomic mass is 10.1. The van der Waals surface area contributed by atoms with Crippen molar-refractivity contribution in [2.45, 2.75) is 13.8 Å². The maximum Gasteiger partial charge on any atom is 0.259 e. The van der Waals surface area contributed by atoms with Gasteiger partial charge in [0.15, 0.2) is 0 Å². The smallest absolute Gasteiger partial charge is 0.259 e. The second kappa shape index (κ2) is 7.26. The summed E-state index contributed by atoms with van der Waals surface area (Å²) in [5.41, 5.74) is 6.46. The molecule has 0 atom stereocenters. The highest BCUT2D eigenvalue weighted by atomic mass is 16.3. The van der Waals surface area contributed by atoms with Crippen molar-refractivity contribution >= 4 is 17.8 Å². The summed E-state index contributed by atoms with van der Waals surface area (Å²) < 4.78 is 0. The number of aryl methyl sites for hydroxylation is 2. The molecule has 2 aromatic carbocycles. The van der Waals surface area contributed by atoms with E-state index in [1.165, 1.54) is 11.8 Å². The number of hydrogen-bond donors (Lipinski definition) is 3. The Labute approximate surface area is 129 Å². The van der Waals surface area contributed by atoms with Crippen LogP contribution >= 0.6 is 0 Å². The molecule has 22 heavy (non-hydrogen) atoms. The number of hydrogen-bond acceptors (Lipinski definition) is 4. The van der Waals surface area contributed by atoms with Crippen molar-refractivity contribution in [3.63, 3.8) is 0 Å². The number of rotatable bonds is 5. The van der Waals surface area contributed by atoms with Gasteiger partial charge in [0.25, 0.3) is 5.91 Å². The summed E-state index contributed by atoms with van der Waals surface area (Å²) in [6.07, 6.45) is 1.52. The van der Waals surface area contributed by atoms with Gasteiger partial charge in [0, 0.05) is 5.69 Å². The molecular formula is C17H19N3O2. The largest absolute Gasteiger partial charge is 0.508 e. The maximum absolute atomic E-state index is 11.7. The van der Waals surface area contributed by atoms with Gasteiger partial charge in [0.1, 0.15) is 5.75 Å². The van der Waals surface area contributed by atoms with Gasteiger partial charge in [-0.05, 0) is 55.3 Å². The van der Waals surface area contributed by atoms with Crippen LogP contribution in [0.1, 0.15) is 16.7 Å². The van der Waals surface area contributed by atoms with E-state index >= 15 is 0 Å². The number of anilines is 1. The first kappa shape index (κ1) is 15.6. The number of aromatic hydroxyl groups is 1. The number of benzene rings is 2. The van der Waals surface area contributed by atoms with Crippen molar-refractivity contribution in [2.75, 3.05) is 11.9 Å². The normalized spacial score (nSPS) is 10.6. The van der Waals surface area contributed by atoms with E-state index in [2.05, 4.69) is 21.9 Å². The van der Waals surface area contributed by atoms with Gasteiger partial charge in [0.2, 0.25) is 0 Å². The van der Waals surface area contributed by atoms with E-state index in [0.29, 0.717) is 0 Å². The topological polar surface area (TPSA) is 73.7 Å². The SMILES string of the molecule is Cc1ccc(NCC(=O)N/N=C\c2ccc(O)cc2)c(C)c1. The summed E-state index contributed by atoms with van der Waals surface area (Å²) in [4.78, 5) is 11.7. The Balaban J connectivity index is 1.81. The van der Waals surface area contributed by atoms with Gasteiger partial charge in [-0.15, -0.1) is 0 Å². The molecule has 114 valence electrons. The minimum Gasteiger partial charge on any atom is -0.508 e. The summed E-state index contributed by atoms with van der Waals surface area (Å²) in [5.74, 6) is -0.0335. The predicted molar refractivity (Wildman–Crippen MR) is 88.2 cm³/mol. The number of carbonyl (C=O) groups is 1. The molecule has 0 saturated heterocycles. The summed E-state index contributed by atoms with van der Waals surface area (Å²) in [6.45, 7) is 4.18. The van der Waals surface area contributed by atoms with Gasteiger partial charge in [0.05, 0.1) is 12.8 Å². The molecule has 3 N–H and O–H groups in total. The van der Waals surface area contributed by atoms with Crippen LogP contribution in [0.5, 0.6) is 5.75 Å². The monoisotopic (exact) mass is 297 g/mol. The lowest BCUT2D eigenvalue weighted by molar-refractivity contribution is -0.119. The fourth-order valence-electron chi connectivity index (χ4n) is 1.97. The first-order valence-electron chi connectivity index (χ1n) is 6.96. The number of phenolic OH excluding ortho intramolecular Hbond substituents is 1. The first-order chi connectivity index (χ1) is 10.5. The van der Waals surface area contributed by atoms with Crippen LogP contribution in [0.25, 0.3) is 0 Å². The molecule has 0 bridgehead atoms. The van der Waals surface area contributed by atoms with Gasteiger partial charge in [-0.1, -0.05) is 17.7 Å². The fourth-order valence-corrected chi connectivity index (χ4v) is 1.97. The Hall–Kier alpha value is -2.82. The standard InChI is InChI=1S/C17H19N3O2/c1-12-3-8-16(13(2)9-12)18-11-17(22)20-19-10-14-4-6-15(21)7-5-14/h3-10,18,21H,11H2,1-2H3,(H,20,22)/b19-10-. The molecule has 1 amide bonds. The van der Waals surface area contributed by atoms with Gasteiger partial charge in [-0.3, -0.25) is 4.79 Å². The highest BCUT2D eigenvalue weighted by Gasteiger charge is 2.02. The molecule has 2 aromatic rings. The lowest BCUT2D eigenvalue weighted by Gasteiger charge is -2.09. The van der Waals surface area contributed by atoms with Crippen LogP contribution in [-0.2, 0) is 4.79 Å². The molecule has 0 aliphatic heterocycles. The van der Waals surface area contributed by atoms with E-state index in [1.54, 1.807) is 24.3 Å². The molecule has 0 heterocycles. The second-order valence-electron chi connectivity index (χ2n) is 5.06. The van der Waals surface area contributed by atoms with Crippen LogP contribution in [0, 0.1) is 13.8 Å². The zero-order chi connectivity index (χ0) is 15.9. The molecule has 5 heteroatoms. The zero-order valence-electron chi connectivity index (χ0n) is 12.6. The highest BCUT2D eigenvalue weighted by Crippen LogP contribution is 2.15. The molecular weight excluding hydrogens is 278 g/mol. The number of nitrogens with one attached hydrogen (secondary N) is 2. The van der Waals surface area contributed by atoms with Crippen molar-refractivity contribution in [3.05, 3.63) is 59.2 Å². The van der Waals surface area contributed by atoms with E-state index in [-0.39, 0.29) is 18.2 Å². The van der Waals surface area contributed by atoms with E-state index in [0.717, 1.165) is 16.8 Å². The quantitative estimate of drug-likeness (QED) is 0.586. The van der Waals surface area contributed by atoms with Gasteiger partial charge < -0.3 is 10.4 Å². The van der Waals surface area contributed by atoms with Gasteiger partial charge >= 0.3 is 0 Å². The van der Waals surface area contributed by atoms with E-state index in [1.807, 2.05) is 26.0 Å². The number of hydrazone groups is 1. The van der Waals surface area contributed by atoms with Crippen LogP contribution in [0.3, 0.4) is 0 Å². The fraction of sp³-hybridized carbons (Fsp3) is 0.176. The lowest BCUT2D eigenvalue weighted by Crippen LogP contribution is -2.26. The van der Waals surface area contributed by atoms with Crippen molar-refractivity contribution < 1.29 is 9.90 Å². The summed E-state index contributed by atoms with van der Waals surface area (Å²) in [7, 11) is 0. The molecule has 0 aromatic heterocycles. The van der Waals surface area contributed by atoms with Gasteiger partial charge in [-0.25, -0.2) is 5.43 Å². The Morgan fingerprint density at radius 1 is 1.18 bits per heavy atom. The number of phenols is 1. The molecule has 0 aliphatic rings. The summed E-state index contributed by atoms with van der Waals surface area (Å²) >= 11 is 0. The average molecular weight is 297 g/mol.